The number of unbranched alkanes of at least 4 members (excludes halogenated alkanes) is 14. The van der Waals surface area contributed by atoms with Gasteiger partial charge in [0.15, 0.2) is 25.1 Å². The molecule has 0 saturated carbocycles. The van der Waals surface area contributed by atoms with Gasteiger partial charge in [0.25, 0.3) is 0 Å². The van der Waals surface area contributed by atoms with E-state index in [1.54, 1.807) is 28.4 Å². The number of ether oxygens (including phenoxy) is 7. The average Bonchev–Trinajstić information content (AvgIpc) is 3.17. The molecule has 2 rings (SSSR count). The van der Waals surface area contributed by atoms with Crippen LogP contribution in [-0.2, 0) is 33.2 Å². The van der Waals surface area contributed by atoms with Gasteiger partial charge in [-0.25, -0.2) is 0 Å². The van der Waals surface area contributed by atoms with E-state index in [-0.39, 0.29) is 13.6 Å². The second kappa shape index (κ2) is 29.6. The van der Waals surface area contributed by atoms with Gasteiger partial charge in [0.1, 0.15) is 23.7 Å². The molecule has 0 fully saturated rings. The van der Waals surface area contributed by atoms with Crippen molar-refractivity contribution in [1.29, 1.82) is 0 Å². The topological polar surface area (TPSA) is 64.6 Å². The molecule has 2 aromatic rings. The van der Waals surface area contributed by atoms with Gasteiger partial charge in [0, 0.05) is 12.8 Å². The summed E-state index contributed by atoms with van der Waals surface area (Å²) >= 11 is 0. The molecular weight excluding hydrogens is 640 g/mol. The lowest BCUT2D eigenvalue weighted by Gasteiger charge is -2.25. The van der Waals surface area contributed by atoms with Crippen molar-refractivity contribution in [2.45, 2.75) is 142 Å². The molecule has 0 spiro atoms. The van der Waals surface area contributed by atoms with E-state index >= 15 is 0 Å². The molecule has 0 N–H and O–H groups in total. The van der Waals surface area contributed by atoms with E-state index in [1.807, 2.05) is 60.7 Å². The van der Waals surface area contributed by atoms with Crippen molar-refractivity contribution in [2.24, 2.45) is 0 Å². The van der Waals surface area contributed by atoms with Crippen LogP contribution in [0.2, 0.25) is 0 Å². The van der Waals surface area contributed by atoms with Gasteiger partial charge < -0.3 is 33.2 Å². The van der Waals surface area contributed by atoms with Gasteiger partial charge in [-0.3, -0.25) is 0 Å². The molecule has 0 radical (unpaired) electrons. The van der Waals surface area contributed by atoms with Crippen molar-refractivity contribution < 1.29 is 33.2 Å². The predicted molar refractivity (Wildman–Crippen MR) is 208 cm³/mol. The number of hydrogen-bond acceptors (Lipinski definition) is 7. The van der Waals surface area contributed by atoms with Crippen LogP contribution >= 0.6 is 0 Å². The van der Waals surface area contributed by atoms with Crippen LogP contribution in [0.4, 0.5) is 0 Å². The lowest BCUT2D eigenvalue weighted by Crippen LogP contribution is -2.17. The van der Waals surface area contributed by atoms with Crippen LogP contribution in [0.1, 0.15) is 153 Å². The fourth-order valence-corrected chi connectivity index (χ4v) is 6.39. The van der Waals surface area contributed by atoms with Gasteiger partial charge >= 0.3 is 0 Å². The van der Waals surface area contributed by atoms with Crippen molar-refractivity contribution in [3.8, 4) is 0 Å². The molecule has 288 valence electrons. The summed E-state index contributed by atoms with van der Waals surface area (Å²) in [4.78, 5) is 0. The molecule has 2 unspecified atom stereocenters. The number of allylic oxidation sites excluding steroid dienone is 2. The SMILES string of the molecule is CCCCCCCCCCC(OC)=C(OC)C(OCOCOC(C(OC)=C(CCCCCCCCCC)OC)c1ccccc1)c1ccccc1. The first-order valence-electron chi connectivity index (χ1n) is 19.7. The fraction of sp³-hybridized carbons (Fsp3) is 0.636. The minimum absolute atomic E-state index is 0.00982. The normalized spacial score (nSPS) is 13.6. The zero-order valence-corrected chi connectivity index (χ0v) is 32.9. The molecule has 0 aliphatic carbocycles. The lowest BCUT2D eigenvalue weighted by molar-refractivity contribution is -0.166. The quantitative estimate of drug-likeness (QED) is 0.0425. The second-order valence-corrected chi connectivity index (χ2v) is 13.2. The molecule has 0 aliphatic rings. The molecule has 0 saturated heterocycles. The molecule has 0 aromatic heterocycles. The van der Waals surface area contributed by atoms with Crippen molar-refractivity contribution in [2.75, 3.05) is 42.0 Å². The fourth-order valence-electron chi connectivity index (χ4n) is 6.39. The summed E-state index contributed by atoms with van der Waals surface area (Å²) in [6.07, 6.45) is 20.6. The van der Waals surface area contributed by atoms with E-state index in [1.165, 1.54) is 77.0 Å². The Morgan fingerprint density at radius 3 is 1.08 bits per heavy atom. The maximum absolute atomic E-state index is 6.36. The van der Waals surface area contributed by atoms with E-state index in [0.717, 1.165) is 61.2 Å². The number of rotatable bonds is 32. The third-order valence-corrected chi connectivity index (χ3v) is 9.31. The Morgan fingerprint density at radius 1 is 0.431 bits per heavy atom. The molecule has 0 aliphatic heterocycles. The minimum atomic E-state index is -0.494. The van der Waals surface area contributed by atoms with E-state index in [2.05, 4.69) is 13.8 Å². The van der Waals surface area contributed by atoms with Crippen molar-refractivity contribution in [3.05, 3.63) is 94.8 Å². The van der Waals surface area contributed by atoms with Crippen LogP contribution in [-0.4, -0.2) is 42.0 Å². The first-order valence-corrected chi connectivity index (χ1v) is 19.7. The summed E-state index contributed by atoms with van der Waals surface area (Å²) in [6.45, 7) is 4.49. The Morgan fingerprint density at radius 2 is 0.765 bits per heavy atom. The molecule has 2 aromatic carbocycles. The summed E-state index contributed by atoms with van der Waals surface area (Å²) in [6, 6.07) is 20.1. The highest BCUT2D eigenvalue weighted by atomic mass is 16.7. The van der Waals surface area contributed by atoms with Crippen LogP contribution in [0.25, 0.3) is 0 Å². The third-order valence-electron chi connectivity index (χ3n) is 9.31. The van der Waals surface area contributed by atoms with Gasteiger partial charge in [0.2, 0.25) is 0 Å². The summed E-state index contributed by atoms with van der Waals surface area (Å²) < 4.78 is 42.4. The highest BCUT2D eigenvalue weighted by Gasteiger charge is 2.25. The summed E-state index contributed by atoms with van der Waals surface area (Å²) in [7, 11) is 6.77. The smallest absolute Gasteiger partial charge is 0.166 e. The minimum Gasteiger partial charge on any atom is -0.497 e. The van der Waals surface area contributed by atoms with Crippen molar-refractivity contribution in [1.82, 2.24) is 0 Å². The molecule has 51 heavy (non-hydrogen) atoms. The van der Waals surface area contributed by atoms with Crippen molar-refractivity contribution in [3.63, 3.8) is 0 Å². The van der Waals surface area contributed by atoms with Gasteiger partial charge in [-0.05, 0) is 24.0 Å². The second-order valence-electron chi connectivity index (χ2n) is 13.2. The molecule has 7 heteroatoms. The van der Waals surface area contributed by atoms with Crippen LogP contribution in [0, 0.1) is 0 Å². The molecule has 0 amide bonds. The highest BCUT2D eigenvalue weighted by Crippen LogP contribution is 2.33. The molecule has 0 heterocycles. The monoisotopic (exact) mass is 711 g/mol. The van der Waals surface area contributed by atoms with Gasteiger partial charge in [-0.15, -0.1) is 0 Å². The Balaban J connectivity index is 2.07. The number of hydrogen-bond donors (Lipinski definition) is 0. The zero-order chi connectivity index (χ0) is 36.8. The lowest BCUT2D eigenvalue weighted by atomic mass is 10.0. The van der Waals surface area contributed by atoms with Gasteiger partial charge in [0.05, 0.1) is 28.4 Å². The van der Waals surface area contributed by atoms with E-state index in [9.17, 15) is 0 Å². The van der Waals surface area contributed by atoms with Crippen LogP contribution in [0.15, 0.2) is 83.7 Å². The Labute approximate surface area is 311 Å². The molecule has 2 atom stereocenters. The van der Waals surface area contributed by atoms with Crippen LogP contribution in [0.5, 0.6) is 0 Å². The molecular formula is C44H70O7. The van der Waals surface area contributed by atoms with Crippen LogP contribution in [0.3, 0.4) is 0 Å². The molecule has 0 bridgehead atoms. The van der Waals surface area contributed by atoms with E-state index < -0.39 is 12.2 Å². The summed E-state index contributed by atoms with van der Waals surface area (Å²) in [5, 5.41) is 0. The maximum atomic E-state index is 6.36. The summed E-state index contributed by atoms with van der Waals surface area (Å²) in [5.41, 5.74) is 1.92. The Kier molecular flexibility index (Phi) is 25.6. The zero-order valence-electron chi connectivity index (χ0n) is 32.9. The van der Waals surface area contributed by atoms with Crippen LogP contribution < -0.4 is 0 Å². The summed E-state index contributed by atoms with van der Waals surface area (Å²) in [5.74, 6) is 2.93. The predicted octanol–water partition coefficient (Wildman–Crippen LogP) is 12.5. The van der Waals surface area contributed by atoms with Gasteiger partial charge in [-0.1, -0.05) is 164 Å². The van der Waals surface area contributed by atoms with Crippen molar-refractivity contribution >= 4 is 0 Å². The Hall–Kier alpha value is -3.00. The first kappa shape index (κ1) is 44.2. The number of benzene rings is 2. The van der Waals surface area contributed by atoms with E-state index in [0.29, 0.717) is 11.5 Å². The maximum Gasteiger partial charge on any atom is 0.166 e. The largest absolute Gasteiger partial charge is 0.497 e. The van der Waals surface area contributed by atoms with E-state index in [4.69, 9.17) is 33.2 Å². The third kappa shape index (κ3) is 17.9. The van der Waals surface area contributed by atoms with Gasteiger partial charge in [-0.2, -0.15) is 0 Å². The number of methoxy groups -OCH3 is 4. The standard InChI is InChI=1S/C44H70O7/c1-7-9-11-13-15-17-19-27-33-39(45-3)43(47-5)41(37-29-23-21-24-30-37)50-35-49-36-51-42(38-31-25-22-26-32-38)44(48-6)40(46-4)34-28-20-18-16-14-12-10-8-2/h21-26,29-32,41-42H,7-20,27-28,33-36H2,1-6H3. The Bertz CT molecular complexity index is 1070. The molecule has 7 nitrogen and oxygen atoms in total. The average molecular weight is 711 g/mol. The first-order chi connectivity index (χ1) is 25.1. The highest BCUT2D eigenvalue weighted by molar-refractivity contribution is 5.26.